The second-order valence-corrected chi connectivity index (χ2v) is 10.0. The van der Waals surface area contributed by atoms with Crippen molar-refractivity contribution in [2.24, 2.45) is 0 Å². The minimum Gasteiger partial charge on any atom is -0.352 e. The molecule has 2 heterocycles. The van der Waals surface area contributed by atoms with Gasteiger partial charge in [0.25, 0.3) is 0 Å². The fourth-order valence-corrected chi connectivity index (χ4v) is 4.10. The quantitative estimate of drug-likeness (QED) is 0.133. The maximum Gasteiger partial charge on any atom is 0.0163 e. The molecule has 2 aromatic heterocycles. The summed E-state index contributed by atoms with van der Waals surface area (Å²) >= 11 is 0. The molecule has 0 atom stereocenters. The van der Waals surface area contributed by atoms with E-state index in [1.54, 1.807) is 6.20 Å². The number of nitrogens with zero attached hydrogens (tertiary/aromatic N) is 2. The molecule has 0 spiro atoms. The number of hydrogen-bond donors (Lipinski definition) is 0. The Bertz CT molecular complexity index is 1650. The van der Waals surface area contributed by atoms with Crippen LogP contribution in [0.15, 0.2) is 116 Å². The Morgan fingerprint density at radius 3 is 2.07 bits per heavy atom. The molecule has 5 radical (unpaired) electrons. The molecule has 0 N–H and O–H groups in total. The van der Waals surface area contributed by atoms with Gasteiger partial charge in [0.1, 0.15) is 0 Å². The topological polar surface area (TPSA) is 25.8 Å². The second-order valence-electron chi connectivity index (χ2n) is 10.0. The van der Waals surface area contributed by atoms with E-state index < -0.39 is 0 Å². The van der Waals surface area contributed by atoms with Gasteiger partial charge >= 0.3 is 0 Å². The number of hydrogen-bond acceptors (Lipinski definition) is 2. The molecule has 6 aromatic rings. The number of pyridine rings is 2. The predicted molar refractivity (Wildman–Crippen MR) is 162 cm³/mol. The summed E-state index contributed by atoms with van der Waals surface area (Å²) in [6, 6.07) is 47.6. The van der Waals surface area contributed by atoms with Crippen LogP contribution >= 0.6 is 0 Å². The van der Waals surface area contributed by atoms with Gasteiger partial charge in [0.15, 0.2) is 0 Å². The van der Waals surface area contributed by atoms with Gasteiger partial charge in [0.05, 0.1) is 0 Å². The molecule has 2 nitrogen and oxygen atoms in total. The van der Waals surface area contributed by atoms with E-state index in [0.29, 0.717) is 0 Å². The monoisotopic (exact) mass is 781 g/mol. The molecule has 6 rings (SSSR count). The van der Waals surface area contributed by atoms with Crippen molar-refractivity contribution in [3.63, 3.8) is 0 Å². The standard InChI is InChI=1S/C21H12N.C15H16N.B.Ir.Y/c1-2-7-17-14-19(12-11-16(17)6-1)18-8-5-9-20(15-18)21-10-3-4-13-22-21;1-15(2,3)13-9-10-16-14(11-13)12-7-5-4-6-8-12;;;/h1-8,10-13H;4-7,9-11H,1-3H3;;;/q-3;-1;;;. The van der Waals surface area contributed by atoms with Crippen LogP contribution < -0.4 is 0 Å². The van der Waals surface area contributed by atoms with Crippen molar-refractivity contribution in [3.8, 4) is 33.6 Å². The molecule has 0 aliphatic rings. The van der Waals surface area contributed by atoms with Crippen molar-refractivity contribution in [1.29, 1.82) is 0 Å². The molecule has 0 bridgehead atoms. The van der Waals surface area contributed by atoms with Gasteiger partial charge in [-0.3, -0.25) is 23.3 Å². The molecule has 0 saturated carbocycles. The number of benzene rings is 4. The summed E-state index contributed by atoms with van der Waals surface area (Å²) in [7, 11) is 0. The first-order chi connectivity index (χ1) is 18.5. The molecule has 0 amide bonds. The molecule has 0 aliphatic heterocycles. The Kier molecular flexibility index (Phi) is 13.5. The van der Waals surface area contributed by atoms with Crippen LogP contribution in [-0.4, -0.2) is 18.4 Å². The average molecular weight is 781 g/mol. The minimum atomic E-state index is 0. The number of rotatable bonds is 3. The summed E-state index contributed by atoms with van der Waals surface area (Å²) in [5, 5.41) is 2.30. The molecule has 0 unspecified atom stereocenters. The van der Waals surface area contributed by atoms with Crippen LogP contribution in [0.25, 0.3) is 44.4 Å². The van der Waals surface area contributed by atoms with Gasteiger partial charge in [0.2, 0.25) is 0 Å². The summed E-state index contributed by atoms with van der Waals surface area (Å²) in [6.07, 6.45) is 3.66. The van der Waals surface area contributed by atoms with E-state index in [2.05, 4.69) is 91.4 Å². The molecule has 4 aromatic carbocycles. The predicted octanol–water partition coefficient (Wildman–Crippen LogP) is 8.43. The van der Waals surface area contributed by atoms with Crippen LogP contribution in [0.2, 0.25) is 0 Å². The third-order valence-corrected chi connectivity index (χ3v) is 6.22. The van der Waals surface area contributed by atoms with E-state index in [9.17, 15) is 0 Å². The van der Waals surface area contributed by atoms with Crippen LogP contribution in [-0.2, 0) is 58.2 Å². The third-order valence-electron chi connectivity index (χ3n) is 6.22. The van der Waals surface area contributed by atoms with Crippen LogP contribution in [0.5, 0.6) is 0 Å². The van der Waals surface area contributed by atoms with Gasteiger partial charge in [-0.05, 0) is 28.8 Å². The first kappa shape index (κ1) is 34.5. The Morgan fingerprint density at radius 2 is 1.34 bits per heavy atom. The summed E-state index contributed by atoms with van der Waals surface area (Å²) in [5.74, 6) is 0. The Balaban J connectivity index is 0.000000279. The third kappa shape index (κ3) is 9.12. The molecular formula is C36H28BIrN2Y-4. The normalized spacial score (nSPS) is 10.2. The first-order valence-corrected chi connectivity index (χ1v) is 12.7. The summed E-state index contributed by atoms with van der Waals surface area (Å²) in [6.45, 7) is 6.63. The van der Waals surface area contributed by atoms with Crippen LogP contribution in [0.3, 0.4) is 0 Å². The number of aromatic nitrogens is 2. The summed E-state index contributed by atoms with van der Waals surface area (Å²) in [4.78, 5) is 8.75. The molecule has 5 heteroatoms. The zero-order valence-corrected chi connectivity index (χ0v) is 28.6. The SMILES string of the molecule is CC(C)(C)c1ccnc(-c2[c-]cccc2)c1.[B].[Ir].[Y].[c-]1ccc(-c2[c-]c3ccccc3cc2)[c-]c1-c1ccccn1. The van der Waals surface area contributed by atoms with Crippen molar-refractivity contribution in [2.45, 2.75) is 26.2 Å². The minimum absolute atomic E-state index is 0. The van der Waals surface area contributed by atoms with Gasteiger partial charge in [-0.2, -0.15) is 5.56 Å². The van der Waals surface area contributed by atoms with Crippen molar-refractivity contribution < 1.29 is 52.8 Å². The van der Waals surface area contributed by atoms with Crippen molar-refractivity contribution in [3.05, 3.63) is 145 Å². The fraction of sp³-hybridized carbons (Fsp3) is 0.111. The molecule has 41 heavy (non-hydrogen) atoms. The Labute approximate surface area is 284 Å². The van der Waals surface area contributed by atoms with E-state index in [0.717, 1.165) is 39.0 Å². The first-order valence-electron chi connectivity index (χ1n) is 12.7. The maximum absolute atomic E-state index is 4.39. The summed E-state index contributed by atoms with van der Waals surface area (Å²) in [5.41, 5.74) is 7.29. The molecule has 0 fully saturated rings. The Morgan fingerprint density at radius 1 is 0.610 bits per heavy atom. The molecular weight excluding hydrogens is 752 g/mol. The molecule has 0 aliphatic carbocycles. The van der Waals surface area contributed by atoms with E-state index in [-0.39, 0.29) is 66.6 Å². The van der Waals surface area contributed by atoms with E-state index in [4.69, 9.17) is 0 Å². The summed E-state index contributed by atoms with van der Waals surface area (Å²) < 4.78 is 0. The largest absolute Gasteiger partial charge is 0.352 e. The van der Waals surface area contributed by atoms with Gasteiger partial charge in [-0.15, -0.1) is 71.6 Å². The van der Waals surface area contributed by atoms with E-state index in [1.807, 2.05) is 72.9 Å². The van der Waals surface area contributed by atoms with Gasteiger partial charge in [0, 0.05) is 73.6 Å². The second kappa shape index (κ2) is 16.0. The fourth-order valence-electron chi connectivity index (χ4n) is 4.10. The van der Waals surface area contributed by atoms with Gasteiger partial charge < -0.3 is 16.0 Å². The smallest absolute Gasteiger partial charge is 0.0163 e. The van der Waals surface area contributed by atoms with Crippen LogP contribution in [0.4, 0.5) is 0 Å². The van der Waals surface area contributed by atoms with Gasteiger partial charge in [-0.25, -0.2) is 6.07 Å². The van der Waals surface area contributed by atoms with Crippen molar-refractivity contribution in [1.82, 2.24) is 9.97 Å². The van der Waals surface area contributed by atoms with Crippen LogP contribution in [0.1, 0.15) is 26.3 Å². The molecule has 201 valence electrons. The zero-order valence-electron chi connectivity index (χ0n) is 23.4. The Hall–Kier alpha value is -2.74. The van der Waals surface area contributed by atoms with Crippen LogP contribution in [0, 0.1) is 24.3 Å². The van der Waals surface area contributed by atoms with Crippen molar-refractivity contribution >= 4 is 19.2 Å². The van der Waals surface area contributed by atoms with Crippen molar-refractivity contribution in [2.75, 3.05) is 0 Å². The van der Waals surface area contributed by atoms with E-state index >= 15 is 0 Å². The maximum atomic E-state index is 4.39. The average Bonchev–Trinajstić information content (AvgIpc) is 2.98. The molecule has 0 saturated heterocycles. The van der Waals surface area contributed by atoms with E-state index in [1.165, 1.54) is 10.9 Å². The van der Waals surface area contributed by atoms with Gasteiger partial charge in [-0.1, -0.05) is 62.2 Å². The number of fused-ring (bicyclic) bond motifs is 1. The zero-order chi connectivity index (χ0) is 26.4.